The van der Waals surface area contributed by atoms with Crippen molar-refractivity contribution in [1.29, 1.82) is 0 Å². The minimum Gasteiger partial charge on any atom is -0.0915 e. The van der Waals surface area contributed by atoms with Crippen molar-refractivity contribution in [2.75, 3.05) is 0 Å². The Morgan fingerprint density at radius 1 is 0.643 bits per heavy atom. The average molecular weight is 214 g/mol. The molecule has 0 aromatic heterocycles. The topological polar surface area (TPSA) is 0 Å². The molecule has 0 saturated heterocycles. The van der Waals surface area contributed by atoms with Crippen LogP contribution >= 0.6 is 0 Å². The van der Waals surface area contributed by atoms with E-state index in [1.54, 1.807) is 15.8 Å². The highest BCUT2D eigenvalue weighted by atomic mass is 27.2. The fraction of sp³-hybridized carbons (Fsp3) is 1.00. The van der Waals surface area contributed by atoms with Crippen molar-refractivity contribution in [2.45, 2.75) is 64.8 Å². The van der Waals surface area contributed by atoms with E-state index in [0.717, 1.165) is 17.8 Å². The third-order valence-corrected chi connectivity index (χ3v) is 7.24. The lowest BCUT2D eigenvalue weighted by Crippen LogP contribution is -2.19. The Labute approximate surface area is 96.9 Å². The summed E-state index contributed by atoms with van der Waals surface area (Å²) in [4.78, 5) is 0. The molecule has 0 aliphatic rings. The van der Waals surface area contributed by atoms with Gasteiger partial charge in [0.05, 0.1) is 0 Å². The fourth-order valence-corrected chi connectivity index (χ4v) is 6.87. The molecule has 0 bridgehead atoms. The number of hydrogen-bond acceptors (Lipinski definition) is 0. The van der Waals surface area contributed by atoms with Crippen LogP contribution in [-0.2, 0) is 0 Å². The maximum absolute atomic E-state index is 2.38. The Balaban J connectivity index is 0. The summed E-state index contributed by atoms with van der Waals surface area (Å²) >= 11 is -0.407. The maximum Gasteiger partial charge on any atom is 0.262 e. The van der Waals surface area contributed by atoms with Crippen molar-refractivity contribution < 1.29 is 0 Å². The first kappa shape index (κ1) is 16.9. The lowest BCUT2D eigenvalue weighted by molar-refractivity contribution is 0.659. The van der Waals surface area contributed by atoms with E-state index >= 15 is 0 Å². The Kier molecular flexibility index (Phi) is 10.7. The molecule has 0 unspecified atom stereocenters. The van der Waals surface area contributed by atoms with Gasteiger partial charge in [-0.25, -0.2) is 0 Å². The van der Waals surface area contributed by atoms with Gasteiger partial charge in [-0.3, -0.25) is 0 Å². The molecular weight excluding hydrogens is 183 g/mol. The SMILES string of the molecule is C.CC(C)[CH2][Al]([CH2]C(C)C)[CH2]C(C)C. The molecule has 0 amide bonds. The van der Waals surface area contributed by atoms with Crippen LogP contribution in [0.4, 0.5) is 0 Å². The minimum absolute atomic E-state index is 0. The van der Waals surface area contributed by atoms with Gasteiger partial charge in [0, 0.05) is 0 Å². The molecule has 86 valence electrons. The summed E-state index contributed by atoms with van der Waals surface area (Å²) in [5.74, 6) is 2.78. The first-order valence-corrected chi connectivity index (χ1v) is 8.36. The molecule has 0 aliphatic carbocycles. The Bertz CT molecular complexity index is 92.6. The smallest absolute Gasteiger partial charge is 0.0915 e. The molecule has 0 rings (SSSR count). The lowest BCUT2D eigenvalue weighted by Gasteiger charge is -2.17. The van der Waals surface area contributed by atoms with Crippen molar-refractivity contribution in [3.05, 3.63) is 0 Å². The van der Waals surface area contributed by atoms with Crippen molar-refractivity contribution >= 4 is 14.1 Å². The first-order valence-electron chi connectivity index (χ1n) is 5.91. The van der Waals surface area contributed by atoms with Crippen LogP contribution in [0.5, 0.6) is 0 Å². The second-order valence-corrected chi connectivity index (χ2v) is 8.90. The summed E-state index contributed by atoms with van der Waals surface area (Å²) in [6.45, 7) is 14.3. The monoisotopic (exact) mass is 214 g/mol. The van der Waals surface area contributed by atoms with Gasteiger partial charge in [0.15, 0.2) is 0 Å². The second-order valence-electron chi connectivity index (χ2n) is 5.75. The van der Waals surface area contributed by atoms with Crippen LogP contribution in [-0.4, -0.2) is 14.1 Å². The highest BCUT2D eigenvalue weighted by Crippen LogP contribution is 2.20. The first-order chi connectivity index (χ1) is 5.91. The van der Waals surface area contributed by atoms with Crippen LogP contribution in [0, 0.1) is 17.8 Å². The van der Waals surface area contributed by atoms with Crippen molar-refractivity contribution in [2.24, 2.45) is 17.8 Å². The van der Waals surface area contributed by atoms with Crippen molar-refractivity contribution in [3.8, 4) is 0 Å². The zero-order valence-electron chi connectivity index (χ0n) is 10.4. The zero-order valence-corrected chi connectivity index (χ0v) is 11.6. The fourth-order valence-electron chi connectivity index (χ4n) is 2.29. The predicted molar refractivity (Wildman–Crippen MR) is 71.4 cm³/mol. The normalized spacial score (nSPS) is 10.9. The van der Waals surface area contributed by atoms with E-state index in [0.29, 0.717) is 0 Å². The molecule has 0 fully saturated rings. The predicted octanol–water partition coefficient (Wildman–Crippen LogP) is 5.09. The van der Waals surface area contributed by atoms with Crippen LogP contribution < -0.4 is 0 Å². The van der Waals surface area contributed by atoms with Crippen LogP contribution in [0.3, 0.4) is 0 Å². The molecule has 14 heavy (non-hydrogen) atoms. The summed E-state index contributed by atoms with van der Waals surface area (Å²) < 4.78 is 0. The molecule has 0 N–H and O–H groups in total. The molecule has 0 radical (unpaired) electrons. The van der Waals surface area contributed by atoms with Crippen molar-refractivity contribution in [1.82, 2.24) is 0 Å². The molecule has 0 nitrogen and oxygen atoms in total. The average Bonchev–Trinajstić information content (AvgIpc) is 1.80. The van der Waals surface area contributed by atoms with E-state index in [4.69, 9.17) is 0 Å². The van der Waals surface area contributed by atoms with Crippen LogP contribution in [0.2, 0.25) is 15.8 Å². The quantitative estimate of drug-likeness (QED) is 0.540. The Hall–Kier alpha value is 0.532. The molecule has 0 spiro atoms. The van der Waals surface area contributed by atoms with Crippen LogP contribution in [0.25, 0.3) is 0 Å². The highest BCUT2D eigenvalue weighted by Gasteiger charge is 2.20. The summed E-state index contributed by atoms with van der Waals surface area (Å²) in [6.07, 6.45) is 0. The molecule has 0 aromatic rings. The second kappa shape index (κ2) is 8.81. The zero-order chi connectivity index (χ0) is 10.4. The molecule has 0 heterocycles. The third kappa shape index (κ3) is 10.6. The van der Waals surface area contributed by atoms with Gasteiger partial charge < -0.3 is 0 Å². The van der Waals surface area contributed by atoms with E-state index < -0.39 is 14.1 Å². The molecular formula is C13H31Al. The molecule has 0 aromatic carbocycles. The van der Waals surface area contributed by atoms with E-state index in [9.17, 15) is 0 Å². The Morgan fingerprint density at radius 2 is 0.857 bits per heavy atom. The maximum atomic E-state index is 2.38. The standard InChI is InChI=1S/3C4H9.CH4.Al/c3*1-4(2)3;;/h3*4H,1H2,2-3H3;1H4;. The van der Waals surface area contributed by atoms with Gasteiger partial charge in [0.25, 0.3) is 14.1 Å². The van der Waals surface area contributed by atoms with Gasteiger partial charge in [-0.2, -0.15) is 0 Å². The van der Waals surface area contributed by atoms with Gasteiger partial charge >= 0.3 is 0 Å². The van der Waals surface area contributed by atoms with E-state index in [2.05, 4.69) is 41.5 Å². The van der Waals surface area contributed by atoms with Gasteiger partial charge in [-0.1, -0.05) is 82.6 Å². The van der Waals surface area contributed by atoms with E-state index in [-0.39, 0.29) is 7.43 Å². The van der Waals surface area contributed by atoms with Gasteiger partial charge in [-0.05, 0) is 0 Å². The molecule has 0 atom stereocenters. The summed E-state index contributed by atoms with van der Waals surface area (Å²) in [5.41, 5.74) is 0. The van der Waals surface area contributed by atoms with E-state index in [1.165, 1.54) is 0 Å². The van der Waals surface area contributed by atoms with Crippen molar-refractivity contribution in [3.63, 3.8) is 0 Å². The van der Waals surface area contributed by atoms with Gasteiger partial charge in [0.1, 0.15) is 0 Å². The molecule has 1 heteroatoms. The molecule has 0 aliphatic heterocycles. The summed E-state index contributed by atoms with van der Waals surface area (Å²) in [5, 5.41) is 4.66. The summed E-state index contributed by atoms with van der Waals surface area (Å²) in [7, 11) is 0. The number of rotatable bonds is 6. The van der Waals surface area contributed by atoms with Crippen LogP contribution in [0.1, 0.15) is 49.0 Å². The van der Waals surface area contributed by atoms with Gasteiger partial charge in [0.2, 0.25) is 0 Å². The third-order valence-electron chi connectivity index (χ3n) is 2.41. The Morgan fingerprint density at radius 3 is 1.00 bits per heavy atom. The minimum atomic E-state index is -0.407. The van der Waals surface area contributed by atoms with E-state index in [1.807, 2.05) is 0 Å². The summed E-state index contributed by atoms with van der Waals surface area (Å²) in [6, 6.07) is 0. The van der Waals surface area contributed by atoms with Crippen LogP contribution in [0.15, 0.2) is 0 Å². The lowest BCUT2D eigenvalue weighted by atomic mass is 10.2. The van der Waals surface area contributed by atoms with Gasteiger partial charge in [-0.15, -0.1) is 0 Å². The molecule has 0 saturated carbocycles. The highest BCUT2D eigenvalue weighted by molar-refractivity contribution is 6.58. The largest absolute Gasteiger partial charge is 0.262 e. The number of hydrogen-bond donors (Lipinski definition) is 0.